The number of aromatic hydroxyl groups is 1. The van der Waals surface area contributed by atoms with Crippen LogP contribution < -0.4 is 4.74 Å². The molecule has 5 rings (SSSR count). The van der Waals surface area contributed by atoms with E-state index in [1.54, 1.807) is 24.3 Å². The number of aliphatic hydroxyl groups is 1. The summed E-state index contributed by atoms with van der Waals surface area (Å²) in [5.74, 6) is 0.658. The van der Waals surface area contributed by atoms with Gasteiger partial charge in [0.2, 0.25) is 0 Å². The van der Waals surface area contributed by atoms with Crippen molar-refractivity contribution in [3.63, 3.8) is 0 Å². The molecule has 6 atom stereocenters. The molecule has 0 aromatic heterocycles. The second-order valence-electron chi connectivity index (χ2n) is 9.86. The van der Waals surface area contributed by atoms with Crippen molar-refractivity contribution >= 4 is 12.0 Å². The molecule has 2 N–H and O–H groups in total. The Bertz CT molecular complexity index is 956. The van der Waals surface area contributed by atoms with Crippen LogP contribution in [0.2, 0.25) is 0 Å². The second-order valence-corrected chi connectivity index (χ2v) is 9.86. The highest BCUT2D eigenvalue weighted by molar-refractivity contribution is 5.87. The summed E-state index contributed by atoms with van der Waals surface area (Å²) in [4.78, 5) is 15.4. The number of rotatable bonds is 4. The number of carbonyl (C=O) groups is 1. The van der Waals surface area contributed by atoms with Crippen molar-refractivity contribution in [1.29, 1.82) is 0 Å². The molecule has 6 nitrogen and oxygen atoms in total. The van der Waals surface area contributed by atoms with Crippen molar-refractivity contribution in [3.05, 3.63) is 41.5 Å². The summed E-state index contributed by atoms with van der Waals surface area (Å²) in [5.41, 5.74) is 2.11. The van der Waals surface area contributed by atoms with E-state index in [1.165, 1.54) is 18.8 Å². The van der Waals surface area contributed by atoms with Gasteiger partial charge in [-0.2, -0.15) is 0 Å². The molecular formula is C26H33NO5. The summed E-state index contributed by atoms with van der Waals surface area (Å²) in [6.07, 6.45) is 9.81. The minimum atomic E-state index is -0.379. The van der Waals surface area contributed by atoms with E-state index in [0.29, 0.717) is 12.2 Å². The number of aliphatic hydroxyl groups excluding tert-OH is 1. The van der Waals surface area contributed by atoms with Crippen LogP contribution in [0.15, 0.2) is 35.9 Å². The van der Waals surface area contributed by atoms with E-state index in [2.05, 4.69) is 17.9 Å². The van der Waals surface area contributed by atoms with Crippen LogP contribution >= 0.6 is 0 Å². The number of benzene rings is 1. The van der Waals surface area contributed by atoms with E-state index >= 15 is 0 Å². The number of methoxy groups -OCH3 is 1. The zero-order valence-electron chi connectivity index (χ0n) is 18.9. The van der Waals surface area contributed by atoms with Crippen molar-refractivity contribution in [1.82, 2.24) is 4.90 Å². The van der Waals surface area contributed by atoms with E-state index in [-0.39, 0.29) is 47.2 Å². The molecule has 2 bridgehead atoms. The molecule has 0 radical (unpaired) electrons. The second kappa shape index (κ2) is 8.23. The van der Waals surface area contributed by atoms with Gasteiger partial charge in [-0.3, -0.25) is 4.90 Å². The number of ether oxygens (including phenoxy) is 2. The van der Waals surface area contributed by atoms with Crippen molar-refractivity contribution in [2.24, 2.45) is 17.8 Å². The normalized spacial score (nSPS) is 36.3. The summed E-state index contributed by atoms with van der Waals surface area (Å²) >= 11 is 0. The lowest BCUT2D eigenvalue weighted by molar-refractivity contribution is -0.171. The molecule has 2 aliphatic carbocycles. The van der Waals surface area contributed by atoms with Gasteiger partial charge in [-0.25, -0.2) is 4.79 Å². The molecule has 1 aromatic carbocycles. The number of esters is 1. The highest BCUT2D eigenvalue weighted by Gasteiger charge is 2.62. The van der Waals surface area contributed by atoms with Gasteiger partial charge in [0.15, 0.2) is 11.5 Å². The van der Waals surface area contributed by atoms with Crippen LogP contribution in [-0.2, 0) is 9.53 Å². The van der Waals surface area contributed by atoms with E-state index in [1.807, 2.05) is 0 Å². The third-order valence-corrected chi connectivity index (χ3v) is 8.23. The Morgan fingerprint density at radius 1 is 1.31 bits per heavy atom. The van der Waals surface area contributed by atoms with Crippen molar-refractivity contribution in [2.75, 3.05) is 20.2 Å². The van der Waals surface area contributed by atoms with Crippen LogP contribution in [-0.4, -0.2) is 59.0 Å². The Morgan fingerprint density at radius 3 is 2.97 bits per heavy atom. The van der Waals surface area contributed by atoms with Crippen molar-refractivity contribution in [2.45, 2.75) is 56.8 Å². The molecule has 1 spiro atoms. The molecule has 32 heavy (non-hydrogen) atoms. The number of phenols is 1. The summed E-state index contributed by atoms with van der Waals surface area (Å²) in [6, 6.07) is 4.95. The molecule has 4 aliphatic rings. The number of piperidine rings is 1. The third-order valence-electron chi connectivity index (χ3n) is 8.23. The first kappa shape index (κ1) is 21.5. The smallest absolute Gasteiger partial charge is 0.331 e. The minimum absolute atomic E-state index is 0.0585. The Labute approximate surface area is 189 Å². The van der Waals surface area contributed by atoms with Gasteiger partial charge < -0.3 is 19.7 Å². The van der Waals surface area contributed by atoms with Gasteiger partial charge in [0.05, 0.1) is 13.2 Å². The summed E-state index contributed by atoms with van der Waals surface area (Å²) in [5, 5.41) is 20.8. The predicted molar refractivity (Wildman–Crippen MR) is 121 cm³/mol. The van der Waals surface area contributed by atoms with Crippen LogP contribution in [0.1, 0.15) is 44.6 Å². The molecule has 172 valence electrons. The largest absolute Gasteiger partial charge is 0.504 e. The average Bonchev–Trinajstić information content (AvgIpc) is 2.79. The van der Waals surface area contributed by atoms with Crippen LogP contribution in [0, 0.1) is 17.8 Å². The highest BCUT2D eigenvalue weighted by atomic mass is 16.5. The lowest BCUT2D eigenvalue weighted by Gasteiger charge is -2.65. The first-order valence-corrected chi connectivity index (χ1v) is 11.8. The first-order valence-electron chi connectivity index (χ1n) is 11.8. The van der Waals surface area contributed by atoms with Crippen LogP contribution in [0.5, 0.6) is 11.5 Å². The summed E-state index contributed by atoms with van der Waals surface area (Å²) in [6.45, 7) is 4.31. The maximum Gasteiger partial charge on any atom is 0.331 e. The standard InChI is InChI=1S/C26H33NO5/c1-16-15-26-19-5-3-11-27(26)12-4-6-20(26)22(14-18(19)25(16)30)32-24(29)10-8-17-7-9-21(28)23(13-17)31-2/h5,7-10,13,16,18,20,22,25,28,30H,3-4,6,11-12,14-15H2,1-2H3/b10-8+/t16-,18-,20+,22+,25-,26+/m0/s1. The molecule has 1 aromatic rings. The molecule has 0 amide bonds. The van der Waals surface area contributed by atoms with Gasteiger partial charge in [-0.15, -0.1) is 0 Å². The minimum Gasteiger partial charge on any atom is -0.504 e. The lowest BCUT2D eigenvalue weighted by atomic mass is 9.51. The molecule has 2 heterocycles. The zero-order chi connectivity index (χ0) is 22.5. The van der Waals surface area contributed by atoms with Crippen molar-refractivity contribution < 1.29 is 24.5 Å². The Hall–Kier alpha value is -2.31. The fourth-order valence-corrected chi connectivity index (χ4v) is 6.95. The maximum absolute atomic E-state index is 12.8. The molecular weight excluding hydrogens is 406 g/mol. The van der Waals surface area contributed by atoms with E-state index in [4.69, 9.17) is 9.47 Å². The van der Waals surface area contributed by atoms with E-state index < -0.39 is 0 Å². The quantitative estimate of drug-likeness (QED) is 0.425. The van der Waals surface area contributed by atoms with E-state index in [0.717, 1.165) is 44.3 Å². The Morgan fingerprint density at radius 2 is 2.16 bits per heavy atom. The van der Waals surface area contributed by atoms with Gasteiger partial charge in [0.1, 0.15) is 6.10 Å². The molecule has 1 saturated heterocycles. The Balaban J connectivity index is 1.38. The van der Waals surface area contributed by atoms with Crippen molar-refractivity contribution in [3.8, 4) is 11.5 Å². The molecule has 6 heteroatoms. The van der Waals surface area contributed by atoms with Gasteiger partial charge in [-0.05, 0) is 73.9 Å². The third kappa shape index (κ3) is 3.35. The number of phenolic OH excluding ortho intramolecular Hbond substituents is 1. The van der Waals surface area contributed by atoms with Crippen LogP contribution in [0.3, 0.4) is 0 Å². The summed E-state index contributed by atoms with van der Waals surface area (Å²) in [7, 11) is 1.49. The van der Waals surface area contributed by atoms with Gasteiger partial charge in [0.25, 0.3) is 0 Å². The fourth-order valence-electron chi connectivity index (χ4n) is 6.95. The first-order chi connectivity index (χ1) is 15.4. The maximum atomic E-state index is 12.8. The SMILES string of the molecule is COc1cc(/C=C/C(=O)O[C@@H]2C[C@H]3C4=CCCN5CCC[C@H]2[C@@]45C[C@H](C)[C@@H]3O)ccc1O. The topological polar surface area (TPSA) is 79.2 Å². The lowest BCUT2D eigenvalue weighted by Crippen LogP contribution is -2.70. The molecule has 0 unspecified atom stereocenters. The number of hydrogen-bond donors (Lipinski definition) is 2. The number of carbonyl (C=O) groups excluding carboxylic acids is 1. The molecule has 2 aliphatic heterocycles. The molecule has 3 fully saturated rings. The number of nitrogens with zero attached hydrogens (tertiary/aromatic N) is 1. The monoisotopic (exact) mass is 439 g/mol. The Kier molecular flexibility index (Phi) is 5.54. The average molecular weight is 440 g/mol. The van der Waals surface area contributed by atoms with E-state index in [9.17, 15) is 15.0 Å². The zero-order valence-corrected chi connectivity index (χ0v) is 18.9. The number of hydrogen-bond acceptors (Lipinski definition) is 6. The highest BCUT2D eigenvalue weighted by Crippen LogP contribution is 2.59. The fraction of sp³-hybridized carbons (Fsp3) is 0.577. The van der Waals surface area contributed by atoms with Gasteiger partial charge >= 0.3 is 5.97 Å². The molecule has 2 saturated carbocycles. The van der Waals surface area contributed by atoms with Gasteiger partial charge in [-0.1, -0.05) is 19.1 Å². The van der Waals surface area contributed by atoms with Gasteiger partial charge in [0, 0.05) is 30.0 Å². The van der Waals surface area contributed by atoms with Crippen LogP contribution in [0.4, 0.5) is 0 Å². The predicted octanol–water partition coefficient (Wildman–Crippen LogP) is 3.53. The van der Waals surface area contributed by atoms with Crippen LogP contribution in [0.25, 0.3) is 6.08 Å². The summed E-state index contributed by atoms with van der Waals surface area (Å²) < 4.78 is 11.2.